The molecular formula is C18H23F2N5O3. The zero-order chi connectivity index (χ0) is 20.1. The molecule has 2 aromatic heterocycles. The number of carbonyl (C=O) groups is 1. The number of amides is 1. The molecule has 4 rings (SSSR count). The number of nitrogens with one attached hydrogen (secondary N) is 1. The summed E-state index contributed by atoms with van der Waals surface area (Å²) in [6.45, 7) is 0. The van der Waals surface area contributed by atoms with Crippen LogP contribution in [0.3, 0.4) is 0 Å². The summed E-state index contributed by atoms with van der Waals surface area (Å²) in [5.41, 5.74) is 0.0674. The summed E-state index contributed by atoms with van der Waals surface area (Å²) < 4.78 is 28.6. The van der Waals surface area contributed by atoms with Crippen molar-refractivity contribution in [3.63, 3.8) is 0 Å². The highest BCUT2D eigenvalue weighted by Gasteiger charge is 2.41. The molecule has 152 valence electrons. The summed E-state index contributed by atoms with van der Waals surface area (Å²) >= 11 is 0. The standard InChI is InChI=1S/C18H23F2N5O3/c1-24(28-2)17(27)12-4-3-11(12)14-22-15-13(16(26)23-14)9-21-25(15)10-5-7-18(19,20)8-6-10/h9-12H,3-8H2,1-2H3,(H,22,23,26)/t11-,12-/m1/s1. The number of nitrogens with zero attached hydrogens (tertiary/aromatic N) is 4. The highest BCUT2D eigenvalue weighted by Crippen LogP contribution is 2.42. The average molecular weight is 395 g/mol. The van der Waals surface area contributed by atoms with Crippen molar-refractivity contribution in [2.45, 2.75) is 56.4 Å². The molecule has 0 spiro atoms. The lowest BCUT2D eigenvalue weighted by Crippen LogP contribution is -2.41. The Morgan fingerprint density at radius 1 is 1.32 bits per heavy atom. The van der Waals surface area contributed by atoms with Gasteiger partial charge in [0.15, 0.2) is 5.65 Å². The minimum Gasteiger partial charge on any atom is -0.310 e. The molecule has 2 aliphatic carbocycles. The topological polar surface area (TPSA) is 93.1 Å². The van der Waals surface area contributed by atoms with E-state index in [1.54, 1.807) is 11.7 Å². The molecule has 28 heavy (non-hydrogen) atoms. The van der Waals surface area contributed by atoms with Gasteiger partial charge in [0.1, 0.15) is 11.2 Å². The Bertz CT molecular complexity index is 946. The maximum absolute atomic E-state index is 13.5. The lowest BCUT2D eigenvalue weighted by molar-refractivity contribution is -0.177. The van der Waals surface area contributed by atoms with Gasteiger partial charge in [0.25, 0.3) is 5.56 Å². The first-order valence-corrected chi connectivity index (χ1v) is 9.47. The fourth-order valence-electron chi connectivity index (χ4n) is 4.11. The van der Waals surface area contributed by atoms with Crippen LogP contribution in [0.25, 0.3) is 11.0 Å². The molecule has 8 nitrogen and oxygen atoms in total. The van der Waals surface area contributed by atoms with Crippen molar-refractivity contribution >= 4 is 16.9 Å². The molecule has 2 saturated carbocycles. The second-order valence-electron chi connectivity index (χ2n) is 7.67. The van der Waals surface area contributed by atoms with Crippen LogP contribution >= 0.6 is 0 Å². The number of halogens is 2. The van der Waals surface area contributed by atoms with Crippen LogP contribution in [-0.2, 0) is 9.63 Å². The van der Waals surface area contributed by atoms with Gasteiger partial charge in [-0.3, -0.25) is 14.4 Å². The Morgan fingerprint density at radius 3 is 2.64 bits per heavy atom. The van der Waals surface area contributed by atoms with Crippen molar-refractivity contribution in [2.75, 3.05) is 14.2 Å². The van der Waals surface area contributed by atoms with E-state index in [-0.39, 0.29) is 55.0 Å². The molecule has 0 unspecified atom stereocenters. The first-order chi connectivity index (χ1) is 13.3. The predicted octanol–water partition coefficient (Wildman–Crippen LogP) is 2.38. The number of aromatic nitrogens is 4. The van der Waals surface area contributed by atoms with E-state index < -0.39 is 5.92 Å². The van der Waals surface area contributed by atoms with Gasteiger partial charge in [-0.15, -0.1) is 0 Å². The Balaban J connectivity index is 1.65. The van der Waals surface area contributed by atoms with Gasteiger partial charge in [-0.25, -0.2) is 23.5 Å². The van der Waals surface area contributed by atoms with Crippen LogP contribution in [0.1, 0.15) is 56.3 Å². The van der Waals surface area contributed by atoms with Gasteiger partial charge in [0.2, 0.25) is 11.8 Å². The maximum atomic E-state index is 13.5. The Labute approximate surface area is 159 Å². The number of rotatable bonds is 4. The number of alkyl halides is 2. The number of hydrogen-bond acceptors (Lipinski definition) is 5. The summed E-state index contributed by atoms with van der Waals surface area (Å²) in [6.07, 6.45) is 3.03. The summed E-state index contributed by atoms with van der Waals surface area (Å²) in [5, 5.41) is 5.77. The fourth-order valence-corrected chi connectivity index (χ4v) is 4.11. The first-order valence-electron chi connectivity index (χ1n) is 9.47. The van der Waals surface area contributed by atoms with Crippen LogP contribution in [0.15, 0.2) is 11.0 Å². The molecule has 2 atom stereocenters. The third kappa shape index (κ3) is 3.19. The van der Waals surface area contributed by atoms with E-state index in [0.717, 1.165) is 6.42 Å². The SMILES string of the molecule is CON(C)C(=O)[C@@H]1CC[C@H]1c1nc2c(cnn2C2CCC(F)(F)CC2)c(=O)[nH]1. The summed E-state index contributed by atoms with van der Waals surface area (Å²) in [7, 11) is 2.97. The zero-order valence-electron chi connectivity index (χ0n) is 15.8. The smallest absolute Gasteiger partial charge is 0.262 e. The maximum Gasteiger partial charge on any atom is 0.262 e. The first kappa shape index (κ1) is 19.0. The molecule has 2 aliphatic rings. The Morgan fingerprint density at radius 2 is 2.04 bits per heavy atom. The van der Waals surface area contributed by atoms with Crippen LogP contribution < -0.4 is 5.56 Å². The summed E-state index contributed by atoms with van der Waals surface area (Å²) in [4.78, 5) is 37.3. The molecular weight excluding hydrogens is 372 g/mol. The highest BCUT2D eigenvalue weighted by molar-refractivity contribution is 5.80. The van der Waals surface area contributed by atoms with Crippen molar-refractivity contribution in [2.24, 2.45) is 5.92 Å². The second kappa shape index (κ2) is 6.91. The van der Waals surface area contributed by atoms with Crippen molar-refractivity contribution < 1.29 is 18.4 Å². The third-order valence-electron chi connectivity index (χ3n) is 6.04. The molecule has 10 heteroatoms. The molecule has 1 amide bonds. The Kier molecular flexibility index (Phi) is 4.68. The average Bonchev–Trinajstić information content (AvgIpc) is 3.04. The van der Waals surface area contributed by atoms with Gasteiger partial charge in [-0.1, -0.05) is 0 Å². The van der Waals surface area contributed by atoms with Crippen LogP contribution in [0, 0.1) is 5.92 Å². The van der Waals surface area contributed by atoms with E-state index in [4.69, 9.17) is 4.84 Å². The van der Waals surface area contributed by atoms with Gasteiger partial charge < -0.3 is 4.98 Å². The third-order valence-corrected chi connectivity index (χ3v) is 6.04. The van der Waals surface area contributed by atoms with Gasteiger partial charge in [-0.2, -0.15) is 5.10 Å². The van der Waals surface area contributed by atoms with E-state index in [9.17, 15) is 18.4 Å². The van der Waals surface area contributed by atoms with Crippen molar-refractivity contribution in [3.05, 3.63) is 22.4 Å². The molecule has 2 fully saturated rings. The lowest BCUT2D eigenvalue weighted by atomic mass is 9.72. The summed E-state index contributed by atoms with van der Waals surface area (Å²) in [6, 6.07) is -0.210. The van der Waals surface area contributed by atoms with Crippen molar-refractivity contribution in [1.29, 1.82) is 0 Å². The number of H-pyrrole nitrogens is 1. The van der Waals surface area contributed by atoms with E-state index in [0.29, 0.717) is 23.3 Å². The van der Waals surface area contributed by atoms with Crippen LogP contribution in [0.2, 0.25) is 0 Å². The number of hydroxylamine groups is 2. The van der Waals surface area contributed by atoms with Crippen molar-refractivity contribution in [1.82, 2.24) is 24.8 Å². The molecule has 2 heterocycles. The van der Waals surface area contributed by atoms with E-state index in [2.05, 4.69) is 15.1 Å². The van der Waals surface area contributed by atoms with Crippen molar-refractivity contribution in [3.8, 4) is 0 Å². The van der Waals surface area contributed by atoms with E-state index in [1.807, 2.05) is 0 Å². The highest BCUT2D eigenvalue weighted by atomic mass is 19.3. The Hall–Kier alpha value is -2.36. The normalized spacial score (nSPS) is 24.9. The van der Waals surface area contributed by atoms with E-state index >= 15 is 0 Å². The fraction of sp³-hybridized carbons (Fsp3) is 0.667. The van der Waals surface area contributed by atoms with Gasteiger partial charge >= 0.3 is 0 Å². The molecule has 0 saturated heterocycles. The van der Waals surface area contributed by atoms with Gasteiger partial charge in [0.05, 0.1) is 25.3 Å². The minimum atomic E-state index is -2.64. The summed E-state index contributed by atoms with van der Waals surface area (Å²) in [5.74, 6) is -2.88. The number of carbonyl (C=O) groups excluding carboxylic acids is 1. The number of hydrogen-bond donors (Lipinski definition) is 1. The monoisotopic (exact) mass is 395 g/mol. The number of fused-ring (bicyclic) bond motifs is 1. The quantitative estimate of drug-likeness (QED) is 0.803. The number of aromatic amines is 1. The molecule has 0 radical (unpaired) electrons. The van der Waals surface area contributed by atoms with Crippen LogP contribution in [-0.4, -0.2) is 50.8 Å². The van der Waals surface area contributed by atoms with Gasteiger partial charge in [-0.05, 0) is 25.7 Å². The molecule has 1 N–H and O–H groups in total. The van der Waals surface area contributed by atoms with Crippen LogP contribution in [0.4, 0.5) is 8.78 Å². The molecule has 0 bridgehead atoms. The zero-order valence-corrected chi connectivity index (χ0v) is 15.8. The molecule has 0 aromatic carbocycles. The molecule has 0 aliphatic heterocycles. The predicted molar refractivity (Wildman–Crippen MR) is 95.8 cm³/mol. The lowest BCUT2D eigenvalue weighted by Gasteiger charge is -2.36. The van der Waals surface area contributed by atoms with Gasteiger partial charge in [0, 0.05) is 25.8 Å². The molecule has 2 aromatic rings. The minimum absolute atomic E-state index is 0.162. The van der Waals surface area contributed by atoms with Crippen LogP contribution in [0.5, 0.6) is 0 Å². The van der Waals surface area contributed by atoms with E-state index in [1.165, 1.54) is 18.4 Å². The second-order valence-corrected chi connectivity index (χ2v) is 7.67. The largest absolute Gasteiger partial charge is 0.310 e.